The maximum absolute atomic E-state index is 10.7. The standard InChI is InChI=1S/C30H42O10/c1-7-35-15-27(33)38-18-29(3,4)39-26-14-22-10-21-13-25(23(31)11-19(21)9-20(22)12-24(26)32)37-17-30(5,6)40-28(34)16-36-8-2/h9-14,27-28,31-34H,7-8,15-18H2,1-6H3. The number of aliphatic hydroxyl groups excluding tert-OH is 2. The molecular formula is C30H42O10. The summed E-state index contributed by atoms with van der Waals surface area (Å²) in [5, 5.41) is 44.3. The minimum atomic E-state index is -1.10. The monoisotopic (exact) mass is 562 g/mol. The van der Waals surface area contributed by atoms with E-state index in [0.717, 1.165) is 21.5 Å². The molecule has 3 rings (SSSR count). The van der Waals surface area contributed by atoms with E-state index in [2.05, 4.69) is 0 Å². The minimum Gasteiger partial charge on any atom is -0.504 e. The van der Waals surface area contributed by atoms with Gasteiger partial charge in [-0.25, -0.2) is 0 Å². The van der Waals surface area contributed by atoms with Crippen molar-refractivity contribution in [1.29, 1.82) is 0 Å². The lowest BCUT2D eigenvalue weighted by molar-refractivity contribution is -0.203. The average Bonchev–Trinajstić information content (AvgIpc) is 2.87. The Balaban J connectivity index is 1.78. The summed E-state index contributed by atoms with van der Waals surface area (Å²) in [5.41, 5.74) is -1.70. The van der Waals surface area contributed by atoms with Crippen LogP contribution in [0.3, 0.4) is 0 Å². The third kappa shape index (κ3) is 9.09. The van der Waals surface area contributed by atoms with E-state index >= 15 is 0 Å². The van der Waals surface area contributed by atoms with Gasteiger partial charge < -0.3 is 48.8 Å². The van der Waals surface area contributed by atoms with Crippen LogP contribution in [0.1, 0.15) is 41.5 Å². The van der Waals surface area contributed by atoms with Crippen molar-refractivity contribution in [2.75, 3.05) is 39.6 Å². The van der Waals surface area contributed by atoms with Gasteiger partial charge in [0.25, 0.3) is 0 Å². The third-order valence-corrected chi connectivity index (χ3v) is 5.92. The van der Waals surface area contributed by atoms with Gasteiger partial charge in [-0.1, -0.05) is 0 Å². The molecule has 10 nitrogen and oxygen atoms in total. The number of benzene rings is 3. The summed E-state index contributed by atoms with van der Waals surface area (Å²) >= 11 is 0. The molecule has 10 heteroatoms. The van der Waals surface area contributed by atoms with Crippen molar-refractivity contribution in [3.05, 3.63) is 36.4 Å². The summed E-state index contributed by atoms with van der Waals surface area (Å²) in [4.78, 5) is 0. The number of hydrogen-bond donors (Lipinski definition) is 4. The van der Waals surface area contributed by atoms with Crippen LogP contribution in [0.4, 0.5) is 0 Å². The lowest BCUT2D eigenvalue weighted by Gasteiger charge is -2.28. The number of hydrogen-bond acceptors (Lipinski definition) is 10. The Morgan fingerprint density at radius 1 is 0.650 bits per heavy atom. The zero-order valence-electron chi connectivity index (χ0n) is 24.1. The van der Waals surface area contributed by atoms with Gasteiger partial charge in [0.2, 0.25) is 0 Å². The van der Waals surface area contributed by atoms with E-state index in [0.29, 0.717) is 13.2 Å². The van der Waals surface area contributed by atoms with Crippen LogP contribution in [0.25, 0.3) is 21.5 Å². The normalized spacial score (nSPS) is 14.0. The van der Waals surface area contributed by atoms with Crippen molar-refractivity contribution in [2.24, 2.45) is 0 Å². The molecule has 0 radical (unpaired) electrons. The van der Waals surface area contributed by atoms with E-state index in [-0.39, 0.29) is 49.4 Å². The minimum absolute atomic E-state index is 0.0463. The van der Waals surface area contributed by atoms with Crippen molar-refractivity contribution in [2.45, 2.75) is 65.3 Å². The second-order valence-electron chi connectivity index (χ2n) is 10.8. The summed E-state index contributed by atoms with van der Waals surface area (Å²) in [6.07, 6.45) is -2.18. The molecule has 0 amide bonds. The quantitative estimate of drug-likeness (QED) is 0.146. The first-order valence-electron chi connectivity index (χ1n) is 13.4. The fraction of sp³-hybridized carbons (Fsp3) is 0.533. The van der Waals surface area contributed by atoms with Crippen LogP contribution < -0.4 is 9.47 Å². The first kappa shape index (κ1) is 31.7. The number of rotatable bonds is 16. The first-order chi connectivity index (χ1) is 18.8. The predicted molar refractivity (Wildman–Crippen MR) is 151 cm³/mol. The summed E-state index contributed by atoms with van der Waals surface area (Å²) in [7, 11) is 0. The molecule has 2 atom stereocenters. The van der Waals surface area contributed by atoms with E-state index in [4.69, 9.17) is 28.4 Å². The maximum Gasteiger partial charge on any atom is 0.179 e. The van der Waals surface area contributed by atoms with Crippen molar-refractivity contribution in [1.82, 2.24) is 0 Å². The van der Waals surface area contributed by atoms with Gasteiger partial charge in [-0.05, 0) is 99.5 Å². The third-order valence-electron chi connectivity index (χ3n) is 5.92. The zero-order valence-corrected chi connectivity index (χ0v) is 24.1. The summed E-state index contributed by atoms with van der Waals surface area (Å²) < 4.78 is 33.3. The van der Waals surface area contributed by atoms with E-state index in [1.165, 1.54) is 0 Å². The summed E-state index contributed by atoms with van der Waals surface area (Å²) in [5.74, 6) is 0.434. The largest absolute Gasteiger partial charge is 0.504 e. The Labute approximate surface area is 234 Å². The van der Waals surface area contributed by atoms with Crippen molar-refractivity contribution in [3.63, 3.8) is 0 Å². The van der Waals surface area contributed by atoms with Crippen LogP contribution >= 0.6 is 0 Å². The highest BCUT2D eigenvalue weighted by molar-refractivity contribution is 6.00. The van der Waals surface area contributed by atoms with E-state index < -0.39 is 23.8 Å². The molecule has 3 aromatic rings. The Morgan fingerprint density at radius 3 is 1.73 bits per heavy atom. The molecule has 222 valence electrons. The Morgan fingerprint density at radius 2 is 1.15 bits per heavy atom. The molecule has 0 aliphatic carbocycles. The Kier molecular flexibility index (Phi) is 10.8. The number of phenols is 2. The molecule has 0 saturated heterocycles. The van der Waals surface area contributed by atoms with Crippen LogP contribution in [0.15, 0.2) is 36.4 Å². The summed E-state index contributed by atoms with van der Waals surface area (Å²) in [6.45, 7) is 12.0. The van der Waals surface area contributed by atoms with Crippen molar-refractivity contribution in [3.8, 4) is 23.0 Å². The topological polar surface area (TPSA) is 136 Å². The number of fused-ring (bicyclic) bond motifs is 2. The van der Waals surface area contributed by atoms with Gasteiger partial charge in [-0.15, -0.1) is 0 Å². The van der Waals surface area contributed by atoms with Gasteiger partial charge in [-0.3, -0.25) is 0 Å². The van der Waals surface area contributed by atoms with Crippen LogP contribution in [0.2, 0.25) is 0 Å². The zero-order chi connectivity index (χ0) is 29.5. The molecule has 0 fully saturated rings. The first-order valence-corrected chi connectivity index (χ1v) is 13.4. The molecule has 3 aromatic carbocycles. The van der Waals surface area contributed by atoms with Gasteiger partial charge in [0.05, 0.1) is 25.4 Å². The van der Waals surface area contributed by atoms with Gasteiger partial charge in [0.1, 0.15) is 12.2 Å². The highest BCUT2D eigenvalue weighted by atomic mass is 16.7. The van der Waals surface area contributed by atoms with Gasteiger partial charge in [0.15, 0.2) is 35.6 Å². The molecule has 0 aromatic heterocycles. The molecule has 0 bridgehead atoms. The molecular weight excluding hydrogens is 520 g/mol. The fourth-order valence-corrected chi connectivity index (χ4v) is 4.03. The van der Waals surface area contributed by atoms with Gasteiger partial charge in [0, 0.05) is 13.2 Å². The van der Waals surface area contributed by atoms with Gasteiger partial charge >= 0.3 is 0 Å². The number of aliphatic hydroxyl groups is 2. The Hall–Kier alpha value is -2.86. The summed E-state index contributed by atoms with van der Waals surface area (Å²) in [6, 6.07) is 10.4. The molecule has 0 heterocycles. The van der Waals surface area contributed by atoms with E-state index in [1.54, 1.807) is 52.0 Å². The van der Waals surface area contributed by atoms with Crippen molar-refractivity contribution < 1.29 is 48.8 Å². The lowest BCUT2D eigenvalue weighted by Crippen LogP contribution is -2.38. The average molecular weight is 563 g/mol. The SMILES string of the molecule is CCOCC(O)OCC(C)(C)Oc1cc2cc3cc(OCC(C)(C)OC(O)COCC)c(O)cc3cc2cc1O. The number of aromatic hydroxyl groups is 2. The van der Waals surface area contributed by atoms with Crippen molar-refractivity contribution >= 4 is 21.5 Å². The molecule has 0 aliphatic rings. The molecule has 4 N–H and O–H groups in total. The maximum atomic E-state index is 10.7. The lowest BCUT2D eigenvalue weighted by atomic mass is 10.0. The second-order valence-corrected chi connectivity index (χ2v) is 10.8. The van der Waals surface area contributed by atoms with E-state index in [9.17, 15) is 20.4 Å². The highest BCUT2D eigenvalue weighted by Gasteiger charge is 2.26. The van der Waals surface area contributed by atoms with Crippen LogP contribution in [-0.4, -0.2) is 83.8 Å². The molecule has 0 aliphatic heterocycles. The fourth-order valence-electron chi connectivity index (χ4n) is 4.03. The second kappa shape index (κ2) is 13.7. The smallest absolute Gasteiger partial charge is 0.179 e. The van der Waals surface area contributed by atoms with Gasteiger partial charge in [-0.2, -0.15) is 0 Å². The molecule has 2 unspecified atom stereocenters. The number of phenolic OH excluding ortho intramolecular Hbond substituents is 2. The predicted octanol–water partition coefficient (Wildman–Crippen LogP) is 4.46. The Bertz CT molecular complexity index is 1260. The molecule has 40 heavy (non-hydrogen) atoms. The van der Waals surface area contributed by atoms with Crippen LogP contribution in [0, 0.1) is 0 Å². The molecule has 0 saturated carbocycles. The van der Waals surface area contributed by atoms with Crippen LogP contribution in [-0.2, 0) is 18.9 Å². The van der Waals surface area contributed by atoms with Crippen LogP contribution in [0.5, 0.6) is 23.0 Å². The molecule has 0 spiro atoms. The van der Waals surface area contributed by atoms with E-state index in [1.807, 2.05) is 26.0 Å². The number of ether oxygens (including phenoxy) is 6. The highest BCUT2D eigenvalue weighted by Crippen LogP contribution is 2.38.